The van der Waals surface area contributed by atoms with E-state index >= 15 is 0 Å². The topological polar surface area (TPSA) is 105 Å². The van der Waals surface area contributed by atoms with Gasteiger partial charge in [-0.1, -0.05) is 55.3 Å². The summed E-state index contributed by atoms with van der Waals surface area (Å²) in [5.74, 6) is -1.81. The Hall–Kier alpha value is -2.93. The first-order valence-corrected chi connectivity index (χ1v) is 12.5. The molecule has 0 aromatic heterocycles. The Labute approximate surface area is 209 Å². The molecule has 0 saturated heterocycles. The Morgan fingerprint density at radius 2 is 1.71 bits per heavy atom. The molecule has 3 atom stereocenters. The van der Waals surface area contributed by atoms with Crippen LogP contribution >= 0.6 is 0 Å². The number of ether oxygens (including phenoxy) is 1. The van der Waals surface area contributed by atoms with E-state index < -0.39 is 17.5 Å². The third-order valence-corrected chi connectivity index (χ3v) is 6.50. The number of carbonyl (C=O) groups is 3. The molecular weight excluding hydrogens is 444 g/mol. The number of aliphatic hydroxyl groups excluding tert-OH is 1. The first-order chi connectivity index (χ1) is 16.8. The summed E-state index contributed by atoms with van der Waals surface area (Å²) < 4.78 is 5.50. The van der Waals surface area contributed by atoms with Crippen LogP contribution in [0.3, 0.4) is 0 Å². The predicted octanol–water partition coefficient (Wildman–Crippen LogP) is 3.47. The molecule has 35 heavy (non-hydrogen) atoms. The molecule has 7 nitrogen and oxygen atoms in total. The van der Waals surface area contributed by atoms with Crippen molar-refractivity contribution in [2.24, 2.45) is 11.8 Å². The Kier molecular flexibility index (Phi) is 11.7. The second kappa shape index (κ2) is 14.5. The van der Waals surface area contributed by atoms with E-state index in [0.717, 1.165) is 31.2 Å². The quantitative estimate of drug-likeness (QED) is 0.261. The molecule has 0 heterocycles. The number of esters is 1. The summed E-state index contributed by atoms with van der Waals surface area (Å²) in [7, 11) is 0. The zero-order chi connectivity index (χ0) is 25.7. The first kappa shape index (κ1) is 28.3. The van der Waals surface area contributed by atoms with E-state index in [4.69, 9.17) is 4.74 Å². The molecule has 1 fully saturated rings. The summed E-state index contributed by atoms with van der Waals surface area (Å²) in [5, 5.41) is 15.5. The zero-order valence-corrected chi connectivity index (χ0v) is 20.8. The van der Waals surface area contributed by atoms with Crippen molar-refractivity contribution in [2.45, 2.75) is 69.9 Å². The van der Waals surface area contributed by atoms with Gasteiger partial charge in [0.1, 0.15) is 6.61 Å². The van der Waals surface area contributed by atoms with Gasteiger partial charge in [-0.05, 0) is 44.6 Å². The second-order valence-corrected chi connectivity index (χ2v) is 9.57. The Bertz CT molecular complexity index is 848. The van der Waals surface area contributed by atoms with Crippen LogP contribution in [0.4, 0.5) is 0 Å². The van der Waals surface area contributed by atoms with Gasteiger partial charge in [0, 0.05) is 6.42 Å². The van der Waals surface area contributed by atoms with Crippen LogP contribution in [0, 0.1) is 11.8 Å². The molecule has 192 valence electrons. The number of aliphatic hydroxyl groups is 1. The summed E-state index contributed by atoms with van der Waals surface area (Å²) in [6.45, 7) is 9.14. The average molecular weight is 485 g/mol. The molecule has 1 saturated carbocycles. The fourth-order valence-electron chi connectivity index (χ4n) is 4.52. The predicted molar refractivity (Wildman–Crippen MR) is 136 cm³/mol. The summed E-state index contributed by atoms with van der Waals surface area (Å²) in [6.07, 6.45) is 8.14. The molecule has 0 unspecified atom stereocenters. The lowest BCUT2D eigenvalue weighted by molar-refractivity contribution is -0.149. The van der Waals surface area contributed by atoms with Crippen molar-refractivity contribution < 1.29 is 24.2 Å². The SMILES string of the molecule is C=CC[C@@H](CC(=O)NC1(CO)CCCC1)C(=O)N[C@@H](C)COC(=O)[C@H](CC=C)Cc1ccccc1. The fourth-order valence-corrected chi connectivity index (χ4v) is 4.52. The van der Waals surface area contributed by atoms with E-state index in [1.54, 1.807) is 19.1 Å². The maximum atomic E-state index is 12.8. The van der Waals surface area contributed by atoms with Gasteiger partial charge in [-0.3, -0.25) is 14.4 Å². The van der Waals surface area contributed by atoms with E-state index in [0.29, 0.717) is 19.3 Å². The van der Waals surface area contributed by atoms with Crippen LogP contribution in [0.25, 0.3) is 0 Å². The minimum absolute atomic E-state index is 0.00456. The van der Waals surface area contributed by atoms with Crippen molar-refractivity contribution in [3.63, 3.8) is 0 Å². The molecule has 0 bridgehead atoms. The van der Waals surface area contributed by atoms with Gasteiger partial charge in [-0.2, -0.15) is 0 Å². The van der Waals surface area contributed by atoms with Gasteiger partial charge in [-0.15, -0.1) is 13.2 Å². The van der Waals surface area contributed by atoms with Gasteiger partial charge < -0.3 is 20.5 Å². The van der Waals surface area contributed by atoms with E-state index in [1.165, 1.54) is 0 Å². The first-order valence-electron chi connectivity index (χ1n) is 12.5. The lowest BCUT2D eigenvalue weighted by atomic mass is 9.95. The average Bonchev–Trinajstić information content (AvgIpc) is 3.31. The van der Waals surface area contributed by atoms with Gasteiger partial charge in [-0.25, -0.2) is 0 Å². The van der Waals surface area contributed by atoms with E-state index in [2.05, 4.69) is 23.8 Å². The lowest BCUT2D eigenvalue weighted by Gasteiger charge is -2.29. The van der Waals surface area contributed by atoms with Crippen LogP contribution in [0.1, 0.15) is 57.4 Å². The third kappa shape index (κ3) is 9.32. The molecule has 0 spiro atoms. The molecule has 0 radical (unpaired) electrons. The van der Waals surface area contributed by atoms with Crippen molar-refractivity contribution in [3.05, 3.63) is 61.2 Å². The Balaban J connectivity index is 1.85. The zero-order valence-electron chi connectivity index (χ0n) is 20.8. The van der Waals surface area contributed by atoms with Gasteiger partial charge in [0.05, 0.1) is 30.0 Å². The molecule has 7 heteroatoms. The number of hydrogen-bond donors (Lipinski definition) is 3. The monoisotopic (exact) mass is 484 g/mol. The molecular formula is C28H40N2O5. The van der Waals surface area contributed by atoms with Crippen LogP contribution in [-0.2, 0) is 25.5 Å². The smallest absolute Gasteiger partial charge is 0.309 e. The molecule has 1 aliphatic carbocycles. The minimum Gasteiger partial charge on any atom is -0.463 e. The van der Waals surface area contributed by atoms with E-state index in [9.17, 15) is 19.5 Å². The Morgan fingerprint density at radius 3 is 2.31 bits per heavy atom. The van der Waals surface area contributed by atoms with Crippen molar-refractivity contribution in [3.8, 4) is 0 Å². The van der Waals surface area contributed by atoms with Crippen LogP contribution in [0.5, 0.6) is 0 Å². The van der Waals surface area contributed by atoms with Crippen molar-refractivity contribution in [1.82, 2.24) is 10.6 Å². The van der Waals surface area contributed by atoms with Crippen LogP contribution in [0.15, 0.2) is 55.6 Å². The number of amides is 2. The number of nitrogens with one attached hydrogen (secondary N) is 2. The highest BCUT2D eigenvalue weighted by Gasteiger charge is 2.35. The largest absolute Gasteiger partial charge is 0.463 e. The molecule has 0 aliphatic heterocycles. The van der Waals surface area contributed by atoms with E-state index in [-0.39, 0.29) is 43.3 Å². The van der Waals surface area contributed by atoms with Gasteiger partial charge in [0.15, 0.2) is 0 Å². The van der Waals surface area contributed by atoms with Gasteiger partial charge in [0.25, 0.3) is 0 Å². The normalized spacial score (nSPS) is 17.0. The fraction of sp³-hybridized carbons (Fsp3) is 0.536. The number of carbonyl (C=O) groups excluding carboxylic acids is 3. The van der Waals surface area contributed by atoms with Crippen LogP contribution in [-0.4, -0.2) is 47.7 Å². The highest BCUT2D eigenvalue weighted by Crippen LogP contribution is 2.29. The van der Waals surface area contributed by atoms with Crippen LogP contribution < -0.4 is 10.6 Å². The molecule has 3 N–H and O–H groups in total. The number of hydrogen-bond acceptors (Lipinski definition) is 5. The molecule has 1 aliphatic rings. The molecule has 2 amide bonds. The van der Waals surface area contributed by atoms with Crippen molar-refractivity contribution in [1.29, 1.82) is 0 Å². The maximum absolute atomic E-state index is 12.8. The summed E-state index contributed by atoms with van der Waals surface area (Å²) in [6, 6.07) is 9.31. The lowest BCUT2D eigenvalue weighted by Crippen LogP contribution is -2.50. The number of rotatable bonds is 15. The highest BCUT2D eigenvalue weighted by molar-refractivity contribution is 5.86. The standard InChI is InChI=1S/C28H40N2O5/c1-4-11-23(18-25(32)30-28(20-31)15-9-10-16-28)26(33)29-21(3)19-35-27(34)24(12-5-2)17-22-13-7-6-8-14-22/h4-8,13-14,21,23-24,31H,1-2,9-12,15-20H2,3H3,(H,29,33)(H,30,32)/t21-,23-,24+/m0/s1. The second-order valence-electron chi connectivity index (χ2n) is 9.57. The summed E-state index contributed by atoms with van der Waals surface area (Å²) in [4.78, 5) is 38.1. The summed E-state index contributed by atoms with van der Waals surface area (Å²) in [5.41, 5.74) is 0.471. The molecule has 2 rings (SSSR count). The third-order valence-electron chi connectivity index (χ3n) is 6.50. The summed E-state index contributed by atoms with van der Waals surface area (Å²) >= 11 is 0. The highest BCUT2D eigenvalue weighted by atomic mass is 16.5. The van der Waals surface area contributed by atoms with Crippen molar-refractivity contribution in [2.75, 3.05) is 13.2 Å². The maximum Gasteiger partial charge on any atom is 0.309 e. The molecule has 1 aromatic carbocycles. The van der Waals surface area contributed by atoms with Crippen LogP contribution in [0.2, 0.25) is 0 Å². The number of benzene rings is 1. The number of allylic oxidation sites excluding steroid dienone is 2. The van der Waals surface area contributed by atoms with Gasteiger partial charge >= 0.3 is 5.97 Å². The van der Waals surface area contributed by atoms with Crippen molar-refractivity contribution >= 4 is 17.8 Å². The van der Waals surface area contributed by atoms with E-state index in [1.807, 2.05) is 30.3 Å². The Morgan fingerprint density at radius 1 is 1.09 bits per heavy atom. The minimum atomic E-state index is -0.589. The molecule has 1 aromatic rings. The van der Waals surface area contributed by atoms with Gasteiger partial charge in [0.2, 0.25) is 11.8 Å².